The molecule has 0 aliphatic carbocycles. The molecule has 0 spiro atoms. The molecule has 0 saturated carbocycles. The number of benzene rings is 1. The molecule has 1 atom stereocenters. The summed E-state index contributed by atoms with van der Waals surface area (Å²) in [6, 6.07) is 7.38. The third-order valence-electron chi connectivity index (χ3n) is 3.20. The summed E-state index contributed by atoms with van der Waals surface area (Å²) in [4.78, 5) is 14.2. The average Bonchev–Trinajstić information content (AvgIpc) is 2.53. The van der Waals surface area contributed by atoms with Gasteiger partial charge in [0.15, 0.2) is 0 Å². The Morgan fingerprint density at radius 1 is 1.15 bits per heavy atom. The van der Waals surface area contributed by atoms with Crippen LogP contribution < -0.4 is 10.3 Å². The van der Waals surface area contributed by atoms with Crippen LogP contribution in [0.2, 0.25) is 0 Å². The first-order valence-corrected chi connectivity index (χ1v) is 7.13. The van der Waals surface area contributed by atoms with E-state index >= 15 is 0 Å². The summed E-state index contributed by atoms with van der Waals surface area (Å²) in [6.45, 7) is 1.56. The minimum atomic E-state index is -5.61. The molecule has 1 aromatic carbocycles. The van der Waals surface area contributed by atoms with Crippen molar-refractivity contribution in [3.05, 3.63) is 51.9 Å². The van der Waals surface area contributed by atoms with Gasteiger partial charge in [0, 0.05) is 11.3 Å². The highest BCUT2D eigenvalue weighted by Gasteiger charge is 2.50. The number of pyridine rings is 1. The van der Waals surface area contributed by atoms with E-state index in [0.717, 1.165) is 12.1 Å². The van der Waals surface area contributed by atoms with Gasteiger partial charge in [-0.05, 0) is 30.7 Å². The van der Waals surface area contributed by atoms with Gasteiger partial charge in [-0.3, -0.25) is 4.79 Å². The summed E-state index contributed by atoms with van der Waals surface area (Å²) in [7, 11) is 0. The van der Waals surface area contributed by atoms with Crippen LogP contribution in [0, 0.1) is 18.3 Å². The lowest BCUT2D eigenvalue weighted by atomic mass is 10.0. The van der Waals surface area contributed by atoms with Crippen molar-refractivity contribution in [2.24, 2.45) is 0 Å². The molecule has 0 aliphatic rings. The number of ether oxygens (including phenoxy) is 2. The Bertz CT molecular complexity index is 916. The fourth-order valence-electron chi connectivity index (χ4n) is 2.12. The normalized spacial score (nSPS) is 13.1. The van der Waals surface area contributed by atoms with Crippen LogP contribution in [0.5, 0.6) is 5.75 Å². The van der Waals surface area contributed by atoms with Crippen molar-refractivity contribution in [3.8, 4) is 22.9 Å². The zero-order valence-electron chi connectivity index (χ0n) is 13.4. The van der Waals surface area contributed by atoms with Crippen LogP contribution in [0.1, 0.15) is 11.3 Å². The molecule has 0 saturated heterocycles. The standard InChI is InChI=1S/C16H10F6N2O3/c1-8-6-11(12(7-23)13(25)24-8)9-2-4-10(5-3-9)26-15(18,19)14(17)27-16(20,21)22/h2-6,14H,1H3,(H,24,25). The number of aromatic amines is 1. The molecule has 27 heavy (non-hydrogen) atoms. The number of rotatable bonds is 5. The van der Waals surface area contributed by atoms with Crippen LogP contribution >= 0.6 is 0 Å². The quantitative estimate of drug-likeness (QED) is 0.780. The van der Waals surface area contributed by atoms with Gasteiger partial charge in [0.2, 0.25) is 0 Å². The van der Waals surface area contributed by atoms with Crippen LogP contribution in [0.4, 0.5) is 26.3 Å². The molecule has 0 bridgehead atoms. The van der Waals surface area contributed by atoms with Gasteiger partial charge in [-0.2, -0.15) is 14.0 Å². The zero-order valence-corrected chi connectivity index (χ0v) is 13.4. The van der Waals surface area contributed by atoms with E-state index in [9.17, 15) is 31.1 Å². The highest BCUT2D eigenvalue weighted by molar-refractivity contribution is 5.70. The Kier molecular flexibility index (Phi) is 5.51. The van der Waals surface area contributed by atoms with Crippen LogP contribution in [0.3, 0.4) is 0 Å². The van der Waals surface area contributed by atoms with Crippen LogP contribution in [0.15, 0.2) is 35.1 Å². The maximum absolute atomic E-state index is 13.4. The van der Waals surface area contributed by atoms with Crippen molar-refractivity contribution in [2.75, 3.05) is 0 Å². The summed E-state index contributed by atoms with van der Waals surface area (Å²) in [5.41, 5.74) is 0.0527. The van der Waals surface area contributed by atoms with E-state index in [4.69, 9.17) is 5.26 Å². The highest BCUT2D eigenvalue weighted by atomic mass is 19.4. The van der Waals surface area contributed by atoms with Crippen molar-refractivity contribution in [1.29, 1.82) is 5.26 Å². The molecular formula is C16H10F6N2O3. The molecule has 0 fully saturated rings. The number of aromatic nitrogens is 1. The Hall–Kier alpha value is -3.00. The van der Waals surface area contributed by atoms with Crippen LogP contribution in [0.25, 0.3) is 11.1 Å². The summed E-state index contributed by atoms with van der Waals surface area (Å²) in [6.07, 6.45) is -14.6. The molecule has 1 unspecified atom stereocenters. The Labute approximate surface area is 147 Å². The van der Waals surface area contributed by atoms with Gasteiger partial charge in [0.25, 0.3) is 5.56 Å². The number of hydrogen-bond donors (Lipinski definition) is 1. The van der Waals surface area contributed by atoms with Crippen molar-refractivity contribution >= 4 is 0 Å². The van der Waals surface area contributed by atoms with Gasteiger partial charge in [-0.15, -0.1) is 13.2 Å². The maximum Gasteiger partial charge on any atom is 0.525 e. The molecule has 0 radical (unpaired) electrons. The highest BCUT2D eigenvalue weighted by Crippen LogP contribution is 2.32. The van der Waals surface area contributed by atoms with Gasteiger partial charge < -0.3 is 9.72 Å². The number of alkyl halides is 6. The lowest BCUT2D eigenvalue weighted by Crippen LogP contribution is -2.41. The lowest BCUT2D eigenvalue weighted by molar-refractivity contribution is -0.411. The Balaban J connectivity index is 2.26. The maximum atomic E-state index is 13.4. The second-order valence-electron chi connectivity index (χ2n) is 5.25. The van der Waals surface area contributed by atoms with Gasteiger partial charge in [-0.1, -0.05) is 12.1 Å². The fourth-order valence-corrected chi connectivity index (χ4v) is 2.12. The average molecular weight is 392 g/mol. The zero-order chi connectivity index (χ0) is 20.4. The largest absolute Gasteiger partial charge is 0.525 e. The molecule has 1 aromatic heterocycles. The number of nitrogens with zero attached hydrogens (tertiary/aromatic N) is 1. The number of H-pyrrole nitrogens is 1. The number of nitrogens with one attached hydrogen (secondary N) is 1. The SMILES string of the molecule is Cc1cc(-c2ccc(OC(F)(F)C(F)OC(F)(F)F)cc2)c(C#N)c(=O)[nH]1. The predicted molar refractivity (Wildman–Crippen MR) is 79.6 cm³/mol. The molecule has 11 heteroatoms. The minimum Gasteiger partial charge on any atom is -0.429 e. The molecule has 0 aliphatic heterocycles. The van der Waals surface area contributed by atoms with Crippen molar-refractivity contribution in [1.82, 2.24) is 4.98 Å². The van der Waals surface area contributed by atoms with E-state index in [1.807, 2.05) is 0 Å². The first-order valence-electron chi connectivity index (χ1n) is 7.13. The van der Waals surface area contributed by atoms with Gasteiger partial charge >= 0.3 is 18.8 Å². The lowest BCUT2D eigenvalue weighted by Gasteiger charge is -2.22. The summed E-state index contributed by atoms with van der Waals surface area (Å²) in [5, 5.41) is 9.07. The van der Waals surface area contributed by atoms with Gasteiger partial charge in [-0.25, -0.2) is 9.13 Å². The smallest absolute Gasteiger partial charge is 0.429 e. The molecule has 144 valence electrons. The summed E-state index contributed by atoms with van der Waals surface area (Å²) < 4.78 is 81.8. The minimum absolute atomic E-state index is 0.209. The first kappa shape index (κ1) is 20.3. The molecule has 5 nitrogen and oxygen atoms in total. The summed E-state index contributed by atoms with van der Waals surface area (Å²) >= 11 is 0. The molecule has 2 aromatic rings. The van der Waals surface area contributed by atoms with E-state index in [0.29, 0.717) is 5.69 Å². The van der Waals surface area contributed by atoms with E-state index < -0.39 is 30.1 Å². The summed E-state index contributed by atoms with van der Waals surface area (Å²) in [5.74, 6) is -0.655. The monoisotopic (exact) mass is 392 g/mol. The second-order valence-corrected chi connectivity index (χ2v) is 5.25. The third kappa shape index (κ3) is 5.01. The van der Waals surface area contributed by atoms with Gasteiger partial charge in [0.05, 0.1) is 0 Å². The van der Waals surface area contributed by atoms with Crippen LogP contribution in [-0.4, -0.2) is 23.8 Å². The molecule has 0 amide bonds. The Morgan fingerprint density at radius 2 is 1.74 bits per heavy atom. The molecule has 2 rings (SSSR count). The van der Waals surface area contributed by atoms with Crippen molar-refractivity contribution in [3.63, 3.8) is 0 Å². The third-order valence-corrected chi connectivity index (χ3v) is 3.20. The van der Waals surface area contributed by atoms with E-state index in [1.165, 1.54) is 18.2 Å². The molecule has 1 N–H and O–H groups in total. The first-order chi connectivity index (χ1) is 12.4. The van der Waals surface area contributed by atoms with Crippen molar-refractivity contribution < 1.29 is 35.8 Å². The van der Waals surface area contributed by atoms with E-state index in [1.54, 1.807) is 13.0 Å². The Morgan fingerprint density at radius 3 is 2.26 bits per heavy atom. The van der Waals surface area contributed by atoms with E-state index in [2.05, 4.69) is 14.5 Å². The van der Waals surface area contributed by atoms with E-state index in [-0.39, 0.29) is 16.7 Å². The number of nitriles is 1. The fraction of sp³-hybridized carbons (Fsp3) is 0.250. The topological polar surface area (TPSA) is 75.1 Å². The number of halogens is 6. The molecular weight excluding hydrogens is 382 g/mol. The van der Waals surface area contributed by atoms with Crippen molar-refractivity contribution in [2.45, 2.75) is 25.8 Å². The van der Waals surface area contributed by atoms with Gasteiger partial charge in [0.1, 0.15) is 17.4 Å². The second kappa shape index (κ2) is 7.32. The number of hydrogen-bond acceptors (Lipinski definition) is 4. The molecule has 1 heterocycles. The number of aryl methyl sites for hydroxylation is 1. The predicted octanol–water partition coefficient (Wildman–Crippen LogP) is 4.03. The van der Waals surface area contributed by atoms with Crippen LogP contribution in [-0.2, 0) is 4.74 Å².